The van der Waals surface area contributed by atoms with E-state index in [-0.39, 0.29) is 12.4 Å². The zero-order valence-corrected chi connectivity index (χ0v) is 15.7. The van der Waals surface area contributed by atoms with Crippen LogP contribution in [0.15, 0.2) is 12.3 Å². The molecule has 0 unspecified atom stereocenters. The molecule has 2 N–H and O–H groups in total. The van der Waals surface area contributed by atoms with Gasteiger partial charge in [0.25, 0.3) is 0 Å². The van der Waals surface area contributed by atoms with Crippen LogP contribution >= 0.6 is 0 Å². The van der Waals surface area contributed by atoms with Crippen LogP contribution in [0.3, 0.4) is 0 Å². The molecule has 1 aromatic rings. The summed E-state index contributed by atoms with van der Waals surface area (Å²) in [6.45, 7) is 3.12. The highest BCUT2D eigenvalue weighted by Gasteiger charge is 2.16. The van der Waals surface area contributed by atoms with Gasteiger partial charge in [-0.05, 0) is 31.2 Å². The van der Waals surface area contributed by atoms with Gasteiger partial charge in [0.05, 0.1) is 32.0 Å². The minimum Gasteiger partial charge on any atom is -0.469 e. The van der Waals surface area contributed by atoms with Crippen molar-refractivity contribution in [2.24, 2.45) is 5.92 Å². The molecule has 0 saturated heterocycles. The summed E-state index contributed by atoms with van der Waals surface area (Å²) in [6, 6.07) is 1.74. The number of methoxy groups -OCH3 is 1. The van der Waals surface area contributed by atoms with Crippen molar-refractivity contribution < 1.29 is 19.1 Å². The number of ether oxygens (including phenoxy) is 2. The van der Waals surface area contributed by atoms with Crippen molar-refractivity contribution in [3.05, 3.63) is 17.8 Å². The van der Waals surface area contributed by atoms with Crippen molar-refractivity contribution >= 4 is 23.6 Å². The van der Waals surface area contributed by atoms with Crippen LogP contribution in [0.25, 0.3) is 0 Å². The van der Waals surface area contributed by atoms with Gasteiger partial charge in [-0.3, -0.25) is 10.1 Å². The van der Waals surface area contributed by atoms with Crippen LogP contribution in [0, 0.1) is 5.92 Å². The van der Waals surface area contributed by atoms with Gasteiger partial charge in [0.15, 0.2) is 0 Å². The van der Waals surface area contributed by atoms with Gasteiger partial charge in [0.2, 0.25) is 0 Å². The van der Waals surface area contributed by atoms with E-state index in [1.807, 2.05) is 6.92 Å². The van der Waals surface area contributed by atoms with Crippen LogP contribution in [0.4, 0.5) is 16.3 Å². The first-order chi connectivity index (χ1) is 12.6. The molecule has 2 rings (SSSR count). The highest BCUT2D eigenvalue weighted by Crippen LogP contribution is 2.25. The minimum atomic E-state index is -0.527. The Bertz CT molecular complexity index is 600. The third-order valence-electron chi connectivity index (χ3n) is 4.50. The number of anilines is 2. The van der Waals surface area contributed by atoms with Gasteiger partial charge >= 0.3 is 12.1 Å². The van der Waals surface area contributed by atoms with Gasteiger partial charge in [0.1, 0.15) is 5.82 Å². The van der Waals surface area contributed by atoms with E-state index in [2.05, 4.69) is 15.6 Å². The first-order valence-corrected chi connectivity index (χ1v) is 9.35. The summed E-state index contributed by atoms with van der Waals surface area (Å²) < 4.78 is 9.78. The zero-order chi connectivity index (χ0) is 18.8. The van der Waals surface area contributed by atoms with Gasteiger partial charge in [-0.25, -0.2) is 9.78 Å². The van der Waals surface area contributed by atoms with Gasteiger partial charge < -0.3 is 14.8 Å². The topological polar surface area (TPSA) is 89.5 Å². The van der Waals surface area contributed by atoms with Gasteiger partial charge in [-0.2, -0.15) is 0 Å². The number of rotatable bonds is 8. The highest BCUT2D eigenvalue weighted by atomic mass is 16.5. The Morgan fingerprint density at radius 2 is 2.04 bits per heavy atom. The molecule has 7 nitrogen and oxygen atoms in total. The zero-order valence-electron chi connectivity index (χ0n) is 15.7. The molecule has 0 atom stereocenters. The highest BCUT2D eigenvalue weighted by molar-refractivity contribution is 5.85. The second-order valence-corrected chi connectivity index (χ2v) is 6.63. The Hall–Kier alpha value is -2.31. The van der Waals surface area contributed by atoms with E-state index in [0.717, 1.165) is 13.0 Å². The number of hydrogen-bond acceptors (Lipinski definition) is 6. The standard InChI is InChI=1S/C19H29N3O4/c1-3-9-26-19(24)22-16-10-15(11-17(23)25-2)18(21-13-16)20-12-14-7-5-4-6-8-14/h10,13-14H,3-9,11-12H2,1-2H3,(H,20,21)(H,22,24). The van der Waals surface area contributed by atoms with Crippen molar-refractivity contribution in [2.45, 2.75) is 51.9 Å². The summed E-state index contributed by atoms with van der Waals surface area (Å²) in [5.41, 5.74) is 1.19. The van der Waals surface area contributed by atoms with E-state index < -0.39 is 6.09 Å². The molecule has 144 valence electrons. The number of amides is 1. The van der Waals surface area contributed by atoms with Crippen molar-refractivity contribution in [3.8, 4) is 0 Å². The second-order valence-electron chi connectivity index (χ2n) is 6.63. The lowest BCUT2D eigenvalue weighted by molar-refractivity contribution is -0.139. The molecular formula is C19H29N3O4. The fourth-order valence-corrected chi connectivity index (χ4v) is 3.08. The van der Waals surface area contributed by atoms with E-state index >= 15 is 0 Å². The van der Waals surface area contributed by atoms with Crippen LogP contribution in [0.5, 0.6) is 0 Å². The molecule has 0 bridgehead atoms. The molecule has 1 saturated carbocycles. The number of carbonyl (C=O) groups is 2. The fourth-order valence-electron chi connectivity index (χ4n) is 3.08. The molecule has 26 heavy (non-hydrogen) atoms. The first-order valence-electron chi connectivity index (χ1n) is 9.35. The molecule has 7 heteroatoms. The largest absolute Gasteiger partial charge is 0.469 e. The lowest BCUT2D eigenvalue weighted by atomic mass is 9.89. The molecule has 0 spiro atoms. The predicted octanol–water partition coefficient (Wildman–Crippen LogP) is 3.75. The Kier molecular flexibility index (Phi) is 8.18. The number of nitrogens with one attached hydrogen (secondary N) is 2. The number of esters is 1. The minimum absolute atomic E-state index is 0.0933. The van der Waals surface area contributed by atoms with Gasteiger partial charge in [0, 0.05) is 12.1 Å². The summed E-state index contributed by atoms with van der Waals surface area (Å²) in [6.07, 6.45) is 8.20. The van der Waals surface area contributed by atoms with Gasteiger partial charge in [-0.1, -0.05) is 26.2 Å². The van der Waals surface area contributed by atoms with Crippen molar-refractivity contribution in [2.75, 3.05) is 30.9 Å². The Morgan fingerprint density at radius 3 is 2.73 bits per heavy atom. The first kappa shape index (κ1) is 20.0. The van der Waals surface area contributed by atoms with Crippen molar-refractivity contribution in [1.29, 1.82) is 0 Å². The van der Waals surface area contributed by atoms with Crippen LogP contribution in [0.2, 0.25) is 0 Å². The average Bonchev–Trinajstić information content (AvgIpc) is 2.66. The molecule has 1 aromatic heterocycles. The molecule has 1 aliphatic rings. The lowest BCUT2D eigenvalue weighted by Gasteiger charge is -2.22. The number of aromatic nitrogens is 1. The number of pyridine rings is 1. The van der Waals surface area contributed by atoms with Crippen LogP contribution in [-0.4, -0.2) is 37.3 Å². The summed E-state index contributed by atoms with van der Waals surface area (Å²) in [4.78, 5) is 27.8. The third kappa shape index (κ3) is 6.54. The maximum absolute atomic E-state index is 11.7. The SMILES string of the molecule is CCCOC(=O)Nc1cnc(NCC2CCCCC2)c(CC(=O)OC)c1. The van der Waals surface area contributed by atoms with E-state index in [1.165, 1.54) is 39.2 Å². The lowest BCUT2D eigenvalue weighted by Crippen LogP contribution is -2.20. The van der Waals surface area contributed by atoms with Crippen LogP contribution < -0.4 is 10.6 Å². The van der Waals surface area contributed by atoms with E-state index in [4.69, 9.17) is 9.47 Å². The van der Waals surface area contributed by atoms with Gasteiger partial charge in [-0.15, -0.1) is 0 Å². The summed E-state index contributed by atoms with van der Waals surface area (Å²) in [7, 11) is 1.36. The summed E-state index contributed by atoms with van der Waals surface area (Å²) >= 11 is 0. The van der Waals surface area contributed by atoms with E-state index in [1.54, 1.807) is 12.3 Å². The summed E-state index contributed by atoms with van der Waals surface area (Å²) in [5, 5.41) is 6.00. The normalized spacial score (nSPS) is 14.5. The molecule has 1 amide bonds. The number of nitrogens with zero attached hydrogens (tertiary/aromatic N) is 1. The maximum atomic E-state index is 11.7. The van der Waals surface area contributed by atoms with E-state index in [0.29, 0.717) is 29.6 Å². The third-order valence-corrected chi connectivity index (χ3v) is 4.50. The molecule has 0 aliphatic heterocycles. The number of carbonyl (C=O) groups excluding carboxylic acids is 2. The molecule has 1 aliphatic carbocycles. The predicted molar refractivity (Wildman–Crippen MR) is 100 cm³/mol. The number of hydrogen-bond donors (Lipinski definition) is 2. The maximum Gasteiger partial charge on any atom is 0.411 e. The van der Waals surface area contributed by atoms with Crippen LogP contribution in [0.1, 0.15) is 51.0 Å². The Morgan fingerprint density at radius 1 is 1.27 bits per heavy atom. The average molecular weight is 363 g/mol. The molecule has 0 radical (unpaired) electrons. The molecule has 1 heterocycles. The Balaban J connectivity index is 2.04. The smallest absolute Gasteiger partial charge is 0.411 e. The monoisotopic (exact) mass is 363 g/mol. The fraction of sp³-hybridized carbons (Fsp3) is 0.632. The van der Waals surface area contributed by atoms with Crippen LogP contribution in [-0.2, 0) is 20.7 Å². The summed E-state index contributed by atoms with van der Waals surface area (Å²) in [5.74, 6) is 0.949. The quantitative estimate of drug-likeness (QED) is 0.684. The second kappa shape index (κ2) is 10.6. The molecular weight excluding hydrogens is 334 g/mol. The Labute approximate surface area is 154 Å². The molecule has 0 aromatic carbocycles. The van der Waals surface area contributed by atoms with Crippen molar-refractivity contribution in [3.63, 3.8) is 0 Å². The van der Waals surface area contributed by atoms with E-state index in [9.17, 15) is 9.59 Å². The molecule has 1 fully saturated rings. The van der Waals surface area contributed by atoms with Crippen molar-refractivity contribution in [1.82, 2.24) is 4.98 Å².